The highest BCUT2D eigenvalue weighted by Gasteiger charge is 2.12. The zero-order valence-electron chi connectivity index (χ0n) is 9.34. The summed E-state index contributed by atoms with van der Waals surface area (Å²) in [6.45, 7) is 0. The summed E-state index contributed by atoms with van der Waals surface area (Å²) < 4.78 is 3.36. The minimum Gasteiger partial charge on any atom is -0.117 e. The largest absolute Gasteiger partial charge is 0.117 e. The number of halogens is 4. The third kappa shape index (κ3) is 3.95. The predicted octanol–water partition coefficient (Wildman–Crippen LogP) is 6.34. The van der Waals surface area contributed by atoms with Crippen LogP contribution in [-0.2, 0) is 6.42 Å². The number of rotatable bonds is 3. The molecule has 1 atom stereocenters. The molecule has 1 unspecified atom stereocenters. The molecule has 0 fully saturated rings. The second-order valence-corrected chi connectivity index (χ2v) is 7.48. The average molecular weight is 500 g/mol. The van der Waals surface area contributed by atoms with Gasteiger partial charge in [-0.1, -0.05) is 44.0 Å². The first-order chi connectivity index (χ1) is 8.56. The van der Waals surface area contributed by atoms with Crippen molar-refractivity contribution in [1.82, 2.24) is 0 Å². The summed E-state index contributed by atoms with van der Waals surface area (Å²) in [5.41, 5.74) is 2.42. The van der Waals surface area contributed by atoms with Crippen LogP contribution in [0.1, 0.15) is 16.5 Å². The lowest BCUT2D eigenvalue weighted by atomic mass is 10.0. The molecule has 2 aromatic rings. The number of hydrogen-bond acceptors (Lipinski definition) is 0. The highest BCUT2D eigenvalue weighted by atomic mass is 127. The SMILES string of the molecule is ClC(Cc1ccc(Br)cc1)c1cc(Br)ccc1I. The Hall–Kier alpha value is 0.420. The second kappa shape index (κ2) is 6.73. The maximum Gasteiger partial charge on any atom is 0.0636 e. The molecule has 4 heteroatoms. The van der Waals surface area contributed by atoms with Crippen molar-refractivity contribution in [1.29, 1.82) is 0 Å². The van der Waals surface area contributed by atoms with Crippen LogP contribution in [-0.4, -0.2) is 0 Å². The predicted molar refractivity (Wildman–Crippen MR) is 93.3 cm³/mol. The Morgan fingerprint density at radius 3 is 2.28 bits per heavy atom. The van der Waals surface area contributed by atoms with Gasteiger partial charge in [-0.05, 0) is 70.5 Å². The molecule has 0 heterocycles. The molecule has 0 aliphatic rings. The first-order valence-corrected chi connectivity index (χ1v) is 8.50. The van der Waals surface area contributed by atoms with Gasteiger partial charge in [0.2, 0.25) is 0 Å². The third-order valence-electron chi connectivity index (χ3n) is 2.62. The van der Waals surface area contributed by atoms with E-state index < -0.39 is 0 Å². The van der Waals surface area contributed by atoms with Crippen molar-refractivity contribution in [3.05, 3.63) is 66.1 Å². The second-order valence-electron chi connectivity index (χ2n) is 3.96. The summed E-state index contributed by atoms with van der Waals surface area (Å²) in [6.07, 6.45) is 0.835. The fourth-order valence-corrected chi connectivity index (χ4v) is 3.59. The molecule has 0 radical (unpaired) electrons. The topological polar surface area (TPSA) is 0 Å². The fourth-order valence-electron chi connectivity index (χ4n) is 1.69. The van der Waals surface area contributed by atoms with Gasteiger partial charge in [0.15, 0.2) is 0 Å². The molecule has 0 aliphatic heterocycles. The van der Waals surface area contributed by atoms with Gasteiger partial charge in [0, 0.05) is 12.5 Å². The summed E-state index contributed by atoms with van der Waals surface area (Å²) in [5, 5.41) is -0.00410. The van der Waals surface area contributed by atoms with Crippen LogP contribution in [0.3, 0.4) is 0 Å². The van der Waals surface area contributed by atoms with Crippen molar-refractivity contribution in [3.8, 4) is 0 Å². The van der Waals surface area contributed by atoms with Gasteiger partial charge >= 0.3 is 0 Å². The highest BCUT2D eigenvalue weighted by molar-refractivity contribution is 14.1. The van der Waals surface area contributed by atoms with Crippen molar-refractivity contribution in [2.24, 2.45) is 0 Å². The molecule has 0 nitrogen and oxygen atoms in total. The number of hydrogen-bond donors (Lipinski definition) is 0. The van der Waals surface area contributed by atoms with Crippen LogP contribution in [0.25, 0.3) is 0 Å². The van der Waals surface area contributed by atoms with E-state index >= 15 is 0 Å². The minimum absolute atomic E-state index is 0.00410. The first-order valence-electron chi connectivity index (χ1n) is 5.40. The van der Waals surface area contributed by atoms with Gasteiger partial charge in [-0.3, -0.25) is 0 Å². The molecule has 0 aromatic heterocycles. The first kappa shape index (κ1) is 14.8. The number of alkyl halides is 1. The molecule has 2 rings (SSSR count). The monoisotopic (exact) mass is 498 g/mol. The molecule has 18 heavy (non-hydrogen) atoms. The average Bonchev–Trinajstić information content (AvgIpc) is 2.35. The van der Waals surface area contributed by atoms with Crippen molar-refractivity contribution in [2.75, 3.05) is 0 Å². The van der Waals surface area contributed by atoms with Crippen LogP contribution < -0.4 is 0 Å². The van der Waals surface area contributed by atoms with E-state index in [1.807, 2.05) is 18.2 Å². The molecule has 0 spiro atoms. The van der Waals surface area contributed by atoms with Gasteiger partial charge in [-0.2, -0.15) is 0 Å². The molecule has 94 valence electrons. The molecule has 2 aromatic carbocycles. The summed E-state index contributed by atoms with van der Waals surface area (Å²) in [7, 11) is 0. The highest BCUT2D eigenvalue weighted by Crippen LogP contribution is 2.31. The van der Waals surface area contributed by atoms with Crippen LogP contribution in [0.15, 0.2) is 51.4 Å². The van der Waals surface area contributed by atoms with Gasteiger partial charge < -0.3 is 0 Å². The Morgan fingerprint density at radius 2 is 1.61 bits per heavy atom. The van der Waals surface area contributed by atoms with E-state index in [-0.39, 0.29) is 5.38 Å². The summed E-state index contributed by atoms with van der Waals surface area (Å²) >= 11 is 15.8. The lowest BCUT2D eigenvalue weighted by Crippen LogP contribution is -1.98. The maximum atomic E-state index is 6.52. The third-order valence-corrected chi connectivity index (χ3v) is 5.02. The summed E-state index contributed by atoms with van der Waals surface area (Å²) in [6, 6.07) is 14.5. The molecule has 0 N–H and O–H groups in total. The molecule has 0 aliphatic carbocycles. The zero-order chi connectivity index (χ0) is 13.1. The molecule has 0 saturated carbocycles. The Bertz CT molecular complexity index is 540. The summed E-state index contributed by atoms with van der Waals surface area (Å²) in [4.78, 5) is 0. The standard InChI is InChI=1S/C14H10Br2ClI/c15-10-3-1-9(2-4-10)7-13(17)12-8-11(16)5-6-14(12)18/h1-6,8,13H,7H2. The summed E-state index contributed by atoms with van der Waals surface area (Å²) in [5.74, 6) is 0. The van der Waals surface area contributed by atoms with Gasteiger partial charge in [0.25, 0.3) is 0 Å². The van der Waals surface area contributed by atoms with Gasteiger partial charge in [-0.15, -0.1) is 11.6 Å². The normalized spacial score (nSPS) is 12.4. The maximum absolute atomic E-state index is 6.52. The van der Waals surface area contributed by atoms with Crippen molar-refractivity contribution in [3.63, 3.8) is 0 Å². The van der Waals surface area contributed by atoms with Crippen LogP contribution in [0.4, 0.5) is 0 Å². The van der Waals surface area contributed by atoms with Gasteiger partial charge in [0.1, 0.15) is 0 Å². The van der Waals surface area contributed by atoms with Gasteiger partial charge in [-0.25, -0.2) is 0 Å². The Morgan fingerprint density at radius 1 is 1.00 bits per heavy atom. The Labute approximate surface area is 143 Å². The minimum atomic E-state index is -0.00410. The van der Waals surface area contributed by atoms with E-state index in [1.54, 1.807) is 0 Å². The molecule has 0 amide bonds. The van der Waals surface area contributed by atoms with Crippen LogP contribution in [0.5, 0.6) is 0 Å². The zero-order valence-corrected chi connectivity index (χ0v) is 15.4. The fraction of sp³-hybridized carbons (Fsp3) is 0.143. The molecular formula is C14H10Br2ClI. The van der Waals surface area contributed by atoms with E-state index in [0.29, 0.717) is 0 Å². The molecule has 0 bridgehead atoms. The lowest BCUT2D eigenvalue weighted by Gasteiger charge is -2.12. The molecular weight excluding hydrogens is 490 g/mol. The smallest absolute Gasteiger partial charge is 0.0636 e. The van der Waals surface area contributed by atoms with E-state index in [9.17, 15) is 0 Å². The Kier molecular flexibility index (Phi) is 5.54. The van der Waals surface area contributed by atoms with Gasteiger partial charge in [0.05, 0.1) is 5.38 Å². The van der Waals surface area contributed by atoms with Crippen molar-refractivity contribution >= 4 is 66.1 Å². The molecule has 0 saturated heterocycles. The van der Waals surface area contributed by atoms with Crippen molar-refractivity contribution < 1.29 is 0 Å². The van der Waals surface area contributed by atoms with Crippen molar-refractivity contribution in [2.45, 2.75) is 11.8 Å². The van der Waals surface area contributed by atoms with Crippen LogP contribution in [0, 0.1) is 3.57 Å². The Balaban J connectivity index is 2.18. The van der Waals surface area contributed by atoms with E-state index in [0.717, 1.165) is 15.4 Å². The lowest BCUT2D eigenvalue weighted by molar-refractivity contribution is 0.912. The van der Waals surface area contributed by atoms with Crippen LogP contribution >= 0.6 is 66.1 Å². The number of benzene rings is 2. The van der Waals surface area contributed by atoms with E-state index in [2.05, 4.69) is 78.7 Å². The quantitative estimate of drug-likeness (QED) is 0.341. The van der Waals surface area contributed by atoms with Crippen LogP contribution in [0.2, 0.25) is 0 Å². The van der Waals surface area contributed by atoms with E-state index in [1.165, 1.54) is 14.7 Å². The van der Waals surface area contributed by atoms with E-state index in [4.69, 9.17) is 11.6 Å².